The molecule has 0 unspecified atom stereocenters. The summed E-state index contributed by atoms with van der Waals surface area (Å²) in [5.74, 6) is 0.867. The molecular formula is C14H28N2O2. The van der Waals surface area contributed by atoms with E-state index in [-0.39, 0.29) is 11.8 Å². The van der Waals surface area contributed by atoms with Crippen LogP contribution in [0.25, 0.3) is 0 Å². The van der Waals surface area contributed by atoms with E-state index < -0.39 is 0 Å². The van der Waals surface area contributed by atoms with Crippen LogP contribution in [-0.4, -0.2) is 24.9 Å². The molecule has 0 aliphatic rings. The van der Waals surface area contributed by atoms with Crippen LogP contribution in [0.15, 0.2) is 0 Å². The lowest BCUT2D eigenvalue weighted by atomic mass is 10.1. The van der Waals surface area contributed by atoms with Gasteiger partial charge < -0.3 is 10.6 Å². The third-order valence-electron chi connectivity index (χ3n) is 2.73. The fourth-order valence-electron chi connectivity index (χ4n) is 1.68. The van der Waals surface area contributed by atoms with Crippen molar-refractivity contribution in [2.75, 3.05) is 13.1 Å². The molecule has 0 aromatic heterocycles. The molecule has 0 aromatic rings. The van der Waals surface area contributed by atoms with Crippen molar-refractivity contribution in [3.63, 3.8) is 0 Å². The number of hydrogen-bond acceptors (Lipinski definition) is 2. The molecule has 2 N–H and O–H groups in total. The first-order valence-corrected chi connectivity index (χ1v) is 7.03. The molecule has 18 heavy (non-hydrogen) atoms. The van der Waals surface area contributed by atoms with Crippen LogP contribution in [0.3, 0.4) is 0 Å². The van der Waals surface area contributed by atoms with Crippen LogP contribution in [-0.2, 0) is 9.59 Å². The molecule has 0 aliphatic carbocycles. The minimum Gasteiger partial charge on any atom is -0.356 e. The van der Waals surface area contributed by atoms with Gasteiger partial charge in [-0.05, 0) is 31.6 Å². The summed E-state index contributed by atoms with van der Waals surface area (Å²) in [6, 6.07) is 0. The van der Waals surface area contributed by atoms with Crippen LogP contribution in [0.5, 0.6) is 0 Å². The molecule has 106 valence electrons. The van der Waals surface area contributed by atoms with Gasteiger partial charge in [-0.25, -0.2) is 0 Å². The number of carbonyl (C=O) groups excluding carboxylic acids is 2. The van der Waals surface area contributed by atoms with Gasteiger partial charge in [0, 0.05) is 26.4 Å². The van der Waals surface area contributed by atoms with Gasteiger partial charge in [-0.2, -0.15) is 0 Å². The first-order chi connectivity index (χ1) is 8.52. The zero-order chi connectivity index (χ0) is 13.8. The van der Waals surface area contributed by atoms with Gasteiger partial charge in [0.2, 0.25) is 11.8 Å². The first-order valence-electron chi connectivity index (χ1n) is 7.03. The minimum atomic E-state index is 0.0119. The monoisotopic (exact) mass is 256 g/mol. The maximum Gasteiger partial charge on any atom is 0.219 e. The van der Waals surface area contributed by atoms with Gasteiger partial charge >= 0.3 is 0 Å². The second-order valence-electron chi connectivity index (χ2n) is 5.18. The van der Waals surface area contributed by atoms with Gasteiger partial charge in [0.15, 0.2) is 0 Å². The van der Waals surface area contributed by atoms with E-state index in [0.717, 1.165) is 38.6 Å². The summed E-state index contributed by atoms with van der Waals surface area (Å²) in [5.41, 5.74) is 0. The van der Waals surface area contributed by atoms with Crippen LogP contribution in [0.1, 0.15) is 59.3 Å². The maximum absolute atomic E-state index is 11.4. The summed E-state index contributed by atoms with van der Waals surface area (Å²) < 4.78 is 0. The molecule has 0 rings (SSSR count). The minimum absolute atomic E-state index is 0.0119. The molecule has 0 atom stereocenters. The molecule has 0 bridgehead atoms. The second kappa shape index (κ2) is 11.1. The van der Waals surface area contributed by atoms with E-state index in [9.17, 15) is 9.59 Å². The van der Waals surface area contributed by atoms with Gasteiger partial charge in [-0.3, -0.25) is 9.59 Å². The zero-order valence-corrected chi connectivity index (χ0v) is 12.1. The number of nitrogens with one attached hydrogen (secondary N) is 2. The number of hydrogen-bond donors (Lipinski definition) is 2. The first kappa shape index (κ1) is 16.9. The number of carbonyl (C=O) groups is 2. The van der Waals surface area contributed by atoms with E-state index in [1.54, 1.807) is 0 Å². The standard InChI is InChI=1S/C14H28N2O2/c1-12(2)8-7-11-16-14(18)9-5-4-6-10-15-13(3)17/h12H,4-11H2,1-3H3,(H,15,17)(H,16,18). The lowest BCUT2D eigenvalue weighted by molar-refractivity contribution is -0.121. The quantitative estimate of drug-likeness (QED) is 0.589. The number of unbranched alkanes of at least 4 members (excludes halogenated alkanes) is 2. The molecule has 0 aromatic carbocycles. The Kier molecular flexibility index (Phi) is 10.4. The van der Waals surface area contributed by atoms with Crippen molar-refractivity contribution in [1.29, 1.82) is 0 Å². The highest BCUT2D eigenvalue weighted by Crippen LogP contribution is 2.02. The summed E-state index contributed by atoms with van der Waals surface area (Å²) >= 11 is 0. The van der Waals surface area contributed by atoms with E-state index in [2.05, 4.69) is 24.5 Å². The summed E-state index contributed by atoms with van der Waals surface area (Å²) in [6.07, 6.45) is 5.65. The van der Waals surface area contributed by atoms with Gasteiger partial charge in [-0.1, -0.05) is 20.3 Å². The normalized spacial score (nSPS) is 10.4. The van der Waals surface area contributed by atoms with Crippen LogP contribution < -0.4 is 10.6 Å². The molecule has 0 heterocycles. The largest absolute Gasteiger partial charge is 0.356 e. The Morgan fingerprint density at radius 1 is 0.944 bits per heavy atom. The summed E-state index contributed by atoms with van der Waals surface area (Å²) in [6.45, 7) is 7.41. The summed E-state index contributed by atoms with van der Waals surface area (Å²) in [4.78, 5) is 22.1. The van der Waals surface area contributed by atoms with Gasteiger partial charge in [-0.15, -0.1) is 0 Å². The Morgan fingerprint density at radius 2 is 1.61 bits per heavy atom. The van der Waals surface area contributed by atoms with Crippen molar-refractivity contribution in [2.45, 2.75) is 59.3 Å². The van der Waals surface area contributed by atoms with Crippen LogP contribution in [0.2, 0.25) is 0 Å². The average Bonchev–Trinajstić information content (AvgIpc) is 2.28. The Labute approximate surface area is 111 Å². The van der Waals surface area contributed by atoms with Crippen molar-refractivity contribution < 1.29 is 9.59 Å². The fourth-order valence-corrected chi connectivity index (χ4v) is 1.68. The lowest BCUT2D eigenvalue weighted by Crippen LogP contribution is -2.24. The van der Waals surface area contributed by atoms with Crippen molar-refractivity contribution in [2.24, 2.45) is 5.92 Å². The third kappa shape index (κ3) is 13.0. The molecule has 0 radical (unpaired) electrons. The Balaban J connectivity index is 3.24. The van der Waals surface area contributed by atoms with E-state index in [4.69, 9.17) is 0 Å². The summed E-state index contributed by atoms with van der Waals surface area (Å²) in [5, 5.41) is 5.69. The highest BCUT2D eigenvalue weighted by molar-refractivity contribution is 5.75. The predicted molar refractivity (Wildman–Crippen MR) is 74.2 cm³/mol. The van der Waals surface area contributed by atoms with Gasteiger partial charge in [0.25, 0.3) is 0 Å². The van der Waals surface area contributed by atoms with Crippen LogP contribution in [0, 0.1) is 5.92 Å². The van der Waals surface area contributed by atoms with Crippen molar-refractivity contribution >= 4 is 11.8 Å². The Morgan fingerprint density at radius 3 is 2.22 bits per heavy atom. The van der Waals surface area contributed by atoms with E-state index in [1.165, 1.54) is 6.92 Å². The van der Waals surface area contributed by atoms with E-state index in [0.29, 0.717) is 18.9 Å². The van der Waals surface area contributed by atoms with E-state index >= 15 is 0 Å². The molecule has 0 aliphatic heterocycles. The smallest absolute Gasteiger partial charge is 0.219 e. The lowest BCUT2D eigenvalue weighted by Gasteiger charge is -2.07. The third-order valence-corrected chi connectivity index (χ3v) is 2.73. The molecule has 0 fully saturated rings. The maximum atomic E-state index is 11.4. The van der Waals surface area contributed by atoms with E-state index in [1.807, 2.05) is 0 Å². The SMILES string of the molecule is CC(=O)NCCCCCC(=O)NCCCC(C)C. The van der Waals surface area contributed by atoms with Gasteiger partial charge in [0.1, 0.15) is 0 Å². The topological polar surface area (TPSA) is 58.2 Å². The van der Waals surface area contributed by atoms with Crippen molar-refractivity contribution in [1.82, 2.24) is 10.6 Å². The molecule has 2 amide bonds. The van der Waals surface area contributed by atoms with Crippen molar-refractivity contribution in [3.05, 3.63) is 0 Å². The number of amides is 2. The number of rotatable bonds is 10. The van der Waals surface area contributed by atoms with Crippen LogP contribution >= 0.6 is 0 Å². The van der Waals surface area contributed by atoms with Crippen molar-refractivity contribution in [3.8, 4) is 0 Å². The van der Waals surface area contributed by atoms with Gasteiger partial charge in [0.05, 0.1) is 0 Å². The molecule has 0 saturated carbocycles. The molecule has 0 saturated heterocycles. The molecule has 4 heteroatoms. The fraction of sp³-hybridized carbons (Fsp3) is 0.857. The second-order valence-corrected chi connectivity index (χ2v) is 5.18. The highest BCUT2D eigenvalue weighted by atomic mass is 16.2. The molecule has 0 spiro atoms. The highest BCUT2D eigenvalue weighted by Gasteiger charge is 2.01. The van der Waals surface area contributed by atoms with Crippen LogP contribution in [0.4, 0.5) is 0 Å². The Bertz CT molecular complexity index is 240. The molecular weight excluding hydrogens is 228 g/mol. The Hall–Kier alpha value is -1.06. The summed E-state index contributed by atoms with van der Waals surface area (Å²) in [7, 11) is 0. The average molecular weight is 256 g/mol. The predicted octanol–water partition coefficient (Wildman–Crippen LogP) is 2.24. The molecule has 4 nitrogen and oxygen atoms in total. The zero-order valence-electron chi connectivity index (χ0n) is 12.1.